The topological polar surface area (TPSA) is 94.6 Å². The molecule has 3 heterocycles. The quantitative estimate of drug-likeness (QED) is 0.521. The molecule has 31 heavy (non-hydrogen) atoms. The van der Waals surface area contributed by atoms with E-state index >= 15 is 0 Å². The van der Waals surface area contributed by atoms with Crippen molar-refractivity contribution in [1.82, 2.24) is 19.5 Å². The number of imidazole rings is 1. The van der Waals surface area contributed by atoms with E-state index in [1.165, 1.54) is 30.0 Å². The van der Waals surface area contributed by atoms with Gasteiger partial charge in [0.05, 0.1) is 19.2 Å². The van der Waals surface area contributed by atoms with Gasteiger partial charge in [0.1, 0.15) is 11.9 Å². The van der Waals surface area contributed by atoms with Gasteiger partial charge < -0.3 is 14.6 Å². The van der Waals surface area contributed by atoms with Gasteiger partial charge in [0, 0.05) is 17.4 Å². The van der Waals surface area contributed by atoms with Crippen LogP contribution in [0.5, 0.6) is 5.75 Å². The van der Waals surface area contributed by atoms with E-state index in [-0.39, 0.29) is 28.9 Å². The molecule has 1 aliphatic carbocycles. The van der Waals surface area contributed by atoms with Gasteiger partial charge in [0.15, 0.2) is 11.4 Å². The molecule has 8 nitrogen and oxygen atoms in total. The van der Waals surface area contributed by atoms with E-state index in [1.807, 2.05) is 6.92 Å². The Labute approximate surface area is 174 Å². The molecule has 10 heteroatoms. The highest BCUT2D eigenvalue weighted by molar-refractivity contribution is 6.04. The first-order chi connectivity index (χ1) is 15.0. The van der Waals surface area contributed by atoms with Gasteiger partial charge in [0.25, 0.3) is 5.91 Å². The average Bonchev–Trinajstić information content (AvgIpc) is 3.16. The van der Waals surface area contributed by atoms with Crippen LogP contribution < -0.4 is 10.1 Å². The summed E-state index contributed by atoms with van der Waals surface area (Å²) in [4.78, 5) is 21.1. The Morgan fingerprint density at radius 3 is 2.90 bits per heavy atom. The SMILES string of the molecule is COc1ccn2c(C(=O)Nc3cc(-c4noc([C@H]5C[C@@H]5F)n4)ccc3C)cnc2c1F. The summed E-state index contributed by atoms with van der Waals surface area (Å²) in [6.07, 6.45) is 2.26. The number of alkyl halides is 1. The Balaban J connectivity index is 1.43. The van der Waals surface area contributed by atoms with Crippen molar-refractivity contribution < 1.29 is 22.8 Å². The van der Waals surface area contributed by atoms with Crippen LogP contribution >= 0.6 is 0 Å². The maximum atomic E-state index is 14.4. The Kier molecular flexibility index (Phi) is 4.42. The fourth-order valence-electron chi connectivity index (χ4n) is 3.33. The van der Waals surface area contributed by atoms with Crippen molar-refractivity contribution in [3.05, 3.63) is 59.6 Å². The Morgan fingerprint density at radius 2 is 2.16 bits per heavy atom. The number of methoxy groups -OCH3 is 1. The van der Waals surface area contributed by atoms with E-state index in [1.54, 1.807) is 18.2 Å². The lowest BCUT2D eigenvalue weighted by Gasteiger charge is -2.10. The number of hydrogen-bond donors (Lipinski definition) is 1. The molecule has 0 bridgehead atoms. The summed E-state index contributed by atoms with van der Waals surface area (Å²) >= 11 is 0. The Bertz CT molecular complexity index is 1320. The second kappa shape index (κ2) is 7.15. The zero-order valence-corrected chi connectivity index (χ0v) is 16.6. The number of benzene rings is 1. The molecule has 1 fully saturated rings. The van der Waals surface area contributed by atoms with Crippen LogP contribution in [0.2, 0.25) is 0 Å². The van der Waals surface area contributed by atoms with E-state index < -0.39 is 17.9 Å². The zero-order chi connectivity index (χ0) is 21.7. The van der Waals surface area contributed by atoms with Gasteiger partial charge in [0.2, 0.25) is 17.5 Å². The van der Waals surface area contributed by atoms with Gasteiger partial charge in [-0.05, 0) is 31.0 Å². The van der Waals surface area contributed by atoms with Crippen LogP contribution in [0.3, 0.4) is 0 Å². The summed E-state index contributed by atoms with van der Waals surface area (Å²) in [5, 5.41) is 6.73. The molecule has 0 saturated heterocycles. The number of aryl methyl sites for hydroxylation is 1. The van der Waals surface area contributed by atoms with Gasteiger partial charge in [-0.2, -0.15) is 9.37 Å². The number of pyridine rings is 1. The highest BCUT2D eigenvalue weighted by atomic mass is 19.1. The maximum absolute atomic E-state index is 14.4. The summed E-state index contributed by atoms with van der Waals surface area (Å²) in [5.41, 5.74) is 2.08. The van der Waals surface area contributed by atoms with Crippen molar-refractivity contribution in [1.29, 1.82) is 0 Å². The number of ether oxygens (including phenoxy) is 1. The molecule has 0 unspecified atom stereocenters. The molecule has 5 rings (SSSR count). The smallest absolute Gasteiger partial charge is 0.274 e. The van der Waals surface area contributed by atoms with Gasteiger partial charge in [-0.1, -0.05) is 17.3 Å². The second-order valence-corrected chi connectivity index (χ2v) is 7.33. The minimum absolute atomic E-state index is 0.0134. The van der Waals surface area contributed by atoms with Crippen molar-refractivity contribution >= 4 is 17.2 Å². The third-order valence-corrected chi connectivity index (χ3v) is 5.25. The molecular weight excluding hydrogens is 408 g/mol. The van der Waals surface area contributed by atoms with Gasteiger partial charge in [-0.3, -0.25) is 9.20 Å². The Hall–Kier alpha value is -3.82. The first-order valence-corrected chi connectivity index (χ1v) is 9.56. The molecule has 0 spiro atoms. The normalized spacial score (nSPS) is 17.7. The number of fused-ring (bicyclic) bond motifs is 1. The highest BCUT2D eigenvalue weighted by Crippen LogP contribution is 2.43. The molecular formula is C21H17F2N5O3. The van der Waals surface area contributed by atoms with Crippen LogP contribution in [0.4, 0.5) is 14.5 Å². The van der Waals surface area contributed by atoms with Crippen LogP contribution in [-0.4, -0.2) is 38.7 Å². The number of amides is 1. The minimum atomic E-state index is -0.934. The number of anilines is 1. The second-order valence-electron chi connectivity index (χ2n) is 7.33. The van der Waals surface area contributed by atoms with E-state index in [2.05, 4.69) is 20.4 Å². The van der Waals surface area contributed by atoms with E-state index in [9.17, 15) is 13.6 Å². The van der Waals surface area contributed by atoms with Crippen LogP contribution in [0, 0.1) is 12.7 Å². The fourth-order valence-corrected chi connectivity index (χ4v) is 3.33. The number of nitrogens with one attached hydrogen (secondary N) is 1. The number of aromatic nitrogens is 4. The monoisotopic (exact) mass is 425 g/mol. The first kappa shape index (κ1) is 19.2. The van der Waals surface area contributed by atoms with Crippen molar-refractivity contribution in [3.63, 3.8) is 0 Å². The van der Waals surface area contributed by atoms with Crippen molar-refractivity contribution in [2.24, 2.45) is 0 Å². The lowest BCUT2D eigenvalue weighted by molar-refractivity contribution is 0.102. The Morgan fingerprint density at radius 1 is 1.35 bits per heavy atom. The molecule has 0 radical (unpaired) electrons. The number of nitrogens with zero attached hydrogens (tertiary/aromatic N) is 4. The predicted molar refractivity (Wildman–Crippen MR) is 106 cm³/mol. The summed E-state index contributed by atoms with van der Waals surface area (Å²) in [5.74, 6) is -0.825. The summed E-state index contributed by atoms with van der Waals surface area (Å²) in [7, 11) is 1.36. The molecule has 158 valence electrons. The van der Waals surface area contributed by atoms with Crippen LogP contribution in [0.1, 0.15) is 34.3 Å². The summed E-state index contributed by atoms with van der Waals surface area (Å²) in [6.45, 7) is 1.83. The van der Waals surface area contributed by atoms with E-state index in [4.69, 9.17) is 9.26 Å². The van der Waals surface area contributed by atoms with Gasteiger partial charge >= 0.3 is 0 Å². The lowest BCUT2D eigenvalue weighted by atomic mass is 10.1. The van der Waals surface area contributed by atoms with Gasteiger partial charge in [-0.25, -0.2) is 9.37 Å². The molecule has 4 aromatic rings. The van der Waals surface area contributed by atoms with Crippen molar-refractivity contribution in [3.8, 4) is 17.1 Å². The summed E-state index contributed by atoms with van der Waals surface area (Å²) < 4.78 is 39.1. The first-order valence-electron chi connectivity index (χ1n) is 9.56. The molecule has 1 aromatic carbocycles. The van der Waals surface area contributed by atoms with E-state index in [0.717, 1.165) is 5.56 Å². The molecule has 0 aliphatic heterocycles. The predicted octanol–water partition coefficient (Wildman–Crippen LogP) is 3.92. The molecule has 1 amide bonds. The largest absolute Gasteiger partial charge is 0.493 e. The number of hydrogen-bond acceptors (Lipinski definition) is 6. The minimum Gasteiger partial charge on any atom is -0.493 e. The van der Waals surface area contributed by atoms with Crippen LogP contribution in [0.15, 0.2) is 41.2 Å². The third kappa shape index (κ3) is 3.29. The third-order valence-electron chi connectivity index (χ3n) is 5.25. The average molecular weight is 425 g/mol. The molecule has 1 saturated carbocycles. The molecule has 1 aliphatic rings. The maximum Gasteiger partial charge on any atom is 0.274 e. The lowest BCUT2D eigenvalue weighted by Crippen LogP contribution is -2.15. The van der Waals surface area contributed by atoms with Crippen LogP contribution in [0.25, 0.3) is 17.0 Å². The zero-order valence-electron chi connectivity index (χ0n) is 16.6. The number of rotatable bonds is 5. The van der Waals surface area contributed by atoms with Crippen molar-refractivity contribution in [2.75, 3.05) is 12.4 Å². The molecule has 2 atom stereocenters. The standard InChI is InChI=1S/C21H17F2N5O3/c1-10-3-4-11(18-26-21(31-27-18)12-8-13(12)22)7-14(10)25-20(29)15-9-24-19-17(23)16(30-2)5-6-28(15)19/h3-7,9,12-13H,8H2,1-2H3,(H,25,29)/t12-,13-/m0/s1. The summed E-state index contributed by atoms with van der Waals surface area (Å²) in [6, 6.07) is 6.71. The number of halogens is 2. The van der Waals surface area contributed by atoms with E-state index in [0.29, 0.717) is 23.5 Å². The fraction of sp³-hybridized carbons (Fsp3) is 0.238. The van der Waals surface area contributed by atoms with Crippen molar-refractivity contribution in [2.45, 2.75) is 25.4 Å². The molecule has 1 N–H and O–H groups in total. The van der Waals surface area contributed by atoms with Gasteiger partial charge in [-0.15, -0.1) is 0 Å². The number of carbonyl (C=O) groups is 1. The molecule has 3 aromatic heterocycles. The highest BCUT2D eigenvalue weighted by Gasteiger charge is 2.43. The number of carbonyl (C=O) groups excluding carboxylic acids is 1. The van der Waals surface area contributed by atoms with Crippen LogP contribution in [-0.2, 0) is 0 Å².